The van der Waals surface area contributed by atoms with Crippen LogP contribution in [-0.2, 0) is 11.2 Å². The van der Waals surface area contributed by atoms with E-state index in [2.05, 4.69) is 28.4 Å². The Labute approximate surface area is 165 Å². The van der Waals surface area contributed by atoms with Crippen LogP contribution in [-0.4, -0.2) is 72.2 Å². The molecule has 0 aromatic heterocycles. The molecule has 3 fully saturated rings. The largest absolute Gasteiger partial charge is 0.493 e. The number of hydrogen-bond acceptors (Lipinski definition) is 5. The number of benzene rings is 1. The van der Waals surface area contributed by atoms with Gasteiger partial charge in [-0.15, -0.1) is 11.8 Å². The number of likely N-dealkylation sites (tertiary alicyclic amines) is 1. The summed E-state index contributed by atoms with van der Waals surface area (Å²) in [5.41, 5.74) is 2.87. The van der Waals surface area contributed by atoms with Crippen molar-refractivity contribution in [3.8, 4) is 5.75 Å². The number of rotatable bonds is 3. The zero-order valence-corrected chi connectivity index (χ0v) is 16.7. The van der Waals surface area contributed by atoms with E-state index in [0.717, 1.165) is 63.0 Å². The van der Waals surface area contributed by atoms with Crippen LogP contribution >= 0.6 is 11.8 Å². The number of nitrogens with zero attached hydrogens (tertiary/aromatic N) is 2. The van der Waals surface area contributed by atoms with Crippen molar-refractivity contribution in [3.05, 3.63) is 29.3 Å². The van der Waals surface area contributed by atoms with Crippen LogP contribution in [0.3, 0.4) is 0 Å². The molecule has 0 bridgehead atoms. The summed E-state index contributed by atoms with van der Waals surface area (Å²) < 4.78 is 5.64. The van der Waals surface area contributed by atoms with Crippen molar-refractivity contribution >= 4 is 17.7 Å². The lowest BCUT2D eigenvalue weighted by Gasteiger charge is -2.36. The zero-order valence-electron chi connectivity index (χ0n) is 15.9. The standard InChI is InChI=1S/C21H29N3O2S/c25-21(24-8-10-27-14-24)19-12-18(13-22-19)23-6-3-15(4-7-23)16-1-2-20-17(11-16)5-9-26-20/h1-2,11,15,18-19,22H,3-10,12-14H2/t18-,19-/m0/s1. The van der Waals surface area contributed by atoms with Crippen LogP contribution in [0, 0.1) is 0 Å². The molecule has 0 radical (unpaired) electrons. The van der Waals surface area contributed by atoms with E-state index in [1.54, 1.807) is 0 Å². The minimum absolute atomic E-state index is 0.0307. The molecule has 0 aliphatic carbocycles. The van der Waals surface area contributed by atoms with Crippen molar-refractivity contribution in [2.75, 3.05) is 44.4 Å². The normalized spacial score (nSPS) is 29.1. The highest BCUT2D eigenvalue weighted by molar-refractivity contribution is 7.99. The van der Waals surface area contributed by atoms with Gasteiger partial charge in [-0.25, -0.2) is 0 Å². The number of thioether (sulfide) groups is 1. The fourth-order valence-electron chi connectivity index (χ4n) is 5.05. The van der Waals surface area contributed by atoms with Crippen molar-refractivity contribution in [1.29, 1.82) is 0 Å². The number of amides is 1. The lowest BCUT2D eigenvalue weighted by Crippen LogP contribution is -2.42. The van der Waals surface area contributed by atoms with E-state index in [1.807, 2.05) is 16.7 Å². The molecule has 27 heavy (non-hydrogen) atoms. The van der Waals surface area contributed by atoms with Crippen LogP contribution in [0.2, 0.25) is 0 Å². The number of nitrogens with one attached hydrogen (secondary N) is 1. The van der Waals surface area contributed by atoms with Gasteiger partial charge in [0.05, 0.1) is 18.5 Å². The van der Waals surface area contributed by atoms with Gasteiger partial charge in [-0.3, -0.25) is 9.69 Å². The first kappa shape index (κ1) is 17.8. The molecule has 0 spiro atoms. The average molecular weight is 388 g/mol. The van der Waals surface area contributed by atoms with E-state index in [-0.39, 0.29) is 6.04 Å². The third-order valence-electron chi connectivity index (χ3n) is 6.70. The summed E-state index contributed by atoms with van der Waals surface area (Å²) in [5.74, 6) is 4.03. The molecule has 1 N–H and O–H groups in total. The summed E-state index contributed by atoms with van der Waals surface area (Å²) in [6.07, 6.45) is 4.47. The quantitative estimate of drug-likeness (QED) is 0.860. The van der Waals surface area contributed by atoms with E-state index in [9.17, 15) is 4.79 Å². The highest BCUT2D eigenvalue weighted by Gasteiger charge is 2.37. The Kier molecular flexibility index (Phi) is 5.05. The van der Waals surface area contributed by atoms with Crippen LogP contribution in [0.4, 0.5) is 0 Å². The highest BCUT2D eigenvalue weighted by atomic mass is 32.2. The fraction of sp³-hybridized carbons (Fsp3) is 0.667. The zero-order chi connectivity index (χ0) is 18.2. The molecule has 4 aliphatic heterocycles. The minimum atomic E-state index is 0.0307. The predicted molar refractivity (Wildman–Crippen MR) is 108 cm³/mol. The molecule has 4 heterocycles. The minimum Gasteiger partial charge on any atom is -0.493 e. The molecule has 3 saturated heterocycles. The predicted octanol–water partition coefficient (Wildman–Crippen LogP) is 2.06. The first-order chi connectivity index (χ1) is 13.3. The maximum atomic E-state index is 12.6. The van der Waals surface area contributed by atoms with Gasteiger partial charge in [-0.05, 0) is 55.5 Å². The Bertz CT molecular complexity index is 699. The average Bonchev–Trinajstić information content (AvgIpc) is 3.48. The van der Waals surface area contributed by atoms with Crippen molar-refractivity contribution in [3.63, 3.8) is 0 Å². The van der Waals surface area contributed by atoms with Gasteiger partial charge >= 0.3 is 0 Å². The monoisotopic (exact) mass is 387 g/mol. The Hall–Kier alpha value is -1.24. The Morgan fingerprint density at radius 1 is 1.22 bits per heavy atom. The second-order valence-electron chi connectivity index (χ2n) is 8.27. The summed E-state index contributed by atoms with van der Waals surface area (Å²) in [7, 11) is 0. The number of hydrogen-bond donors (Lipinski definition) is 1. The molecular formula is C21H29N3O2S. The summed E-state index contributed by atoms with van der Waals surface area (Å²) in [5, 5.41) is 3.50. The maximum Gasteiger partial charge on any atom is 0.240 e. The van der Waals surface area contributed by atoms with Gasteiger partial charge in [0.1, 0.15) is 5.75 Å². The summed E-state index contributed by atoms with van der Waals surface area (Å²) in [6, 6.07) is 7.36. The molecule has 5 nitrogen and oxygen atoms in total. The van der Waals surface area contributed by atoms with Gasteiger partial charge in [-0.1, -0.05) is 12.1 Å². The molecule has 2 atom stereocenters. The van der Waals surface area contributed by atoms with Gasteiger partial charge in [0.15, 0.2) is 0 Å². The van der Waals surface area contributed by atoms with E-state index < -0.39 is 0 Å². The number of ether oxygens (including phenoxy) is 1. The van der Waals surface area contributed by atoms with Crippen LogP contribution in [0.5, 0.6) is 5.75 Å². The molecule has 5 rings (SSSR count). The van der Waals surface area contributed by atoms with E-state index in [0.29, 0.717) is 17.9 Å². The van der Waals surface area contributed by atoms with Crippen molar-refractivity contribution in [1.82, 2.24) is 15.1 Å². The topological polar surface area (TPSA) is 44.8 Å². The molecule has 0 unspecified atom stereocenters. The molecular weight excluding hydrogens is 358 g/mol. The van der Waals surface area contributed by atoms with Crippen LogP contribution in [0.15, 0.2) is 18.2 Å². The fourth-order valence-corrected chi connectivity index (χ4v) is 6.01. The van der Waals surface area contributed by atoms with E-state index in [4.69, 9.17) is 4.74 Å². The third-order valence-corrected chi connectivity index (χ3v) is 7.67. The van der Waals surface area contributed by atoms with E-state index in [1.165, 1.54) is 24.0 Å². The smallest absolute Gasteiger partial charge is 0.240 e. The third kappa shape index (κ3) is 3.59. The van der Waals surface area contributed by atoms with Crippen LogP contribution in [0.1, 0.15) is 36.3 Å². The van der Waals surface area contributed by atoms with Gasteiger partial charge in [0, 0.05) is 31.3 Å². The molecule has 1 amide bonds. The molecule has 1 aromatic rings. The molecule has 0 saturated carbocycles. The first-order valence-corrected chi connectivity index (χ1v) is 11.5. The van der Waals surface area contributed by atoms with Gasteiger partial charge < -0.3 is 15.0 Å². The lowest BCUT2D eigenvalue weighted by atomic mass is 9.87. The van der Waals surface area contributed by atoms with Crippen molar-refractivity contribution in [2.45, 2.75) is 43.7 Å². The Morgan fingerprint density at radius 2 is 2.11 bits per heavy atom. The Balaban J connectivity index is 1.15. The lowest BCUT2D eigenvalue weighted by molar-refractivity contribution is -0.131. The maximum absolute atomic E-state index is 12.6. The Morgan fingerprint density at radius 3 is 2.93 bits per heavy atom. The van der Waals surface area contributed by atoms with Gasteiger partial charge in [0.25, 0.3) is 0 Å². The molecule has 6 heteroatoms. The summed E-state index contributed by atoms with van der Waals surface area (Å²) >= 11 is 1.86. The van der Waals surface area contributed by atoms with Crippen molar-refractivity contribution < 1.29 is 9.53 Å². The van der Waals surface area contributed by atoms with Crippen molar-refractivity contribution in [2.24, 2.45) is 0 Å². The number of piperidine rings is 1. The molecule has 1 aromatic carbocycles. The second-order valence-corrected chi connectivity index (χ2v) is 9.34. The molecule has 4 aliphatic rings. The summed E-state index contributed by atoms with van der Waals surface area (Å²) in [6.45, 7) is 5.00. The second kappa shape index (κ2) is 7.64. The summed E-state index contributed by atoms with van der Waals surface area (Å²) in [4.78, 5) is 17.3. The van der Waals surface area contributed by atoms with Crippen LogP contribution in [0.25, 0.3) is 0 Å². The van der Waals surface area contributed by atoms with Gasteiger partial charge in [0.2, 0.25) is 5.91 Å². The van der Waals surface area contributed by atoms with E-state index >= 15 is 0 Å². The first-order valence-electron chi connectivity index (χ1n) is 10.4. The number of carbonyl (C=O) groups is 1. The van der Waals surface area contributed by atoms with Crippen LogP contribution < -0.4 is 10.1 Å². The highest BCUT2D eigenvalue weighted by Crippen LogP contribution is 2.34. The molecule has 146 valence electrons. The number of carbonyl (C=O) groups excluding carboxylic acids is 1. The van der Waals surface area contributed by atoms with Gasteiger partial charge in [-0.2, -0.15) is 0 Å². The number of fused-ring (bicyclic) bond motifs is 1. The SMILES string of the molecule is O=C([C@@H]1C[C@H](N2CCC(c3ccc4c(c3)CCO4)CC2)CN1)N1CCSC1.